The Morgan fingerprint density at radius 1 is 0.962 bits per heavy atom. The molecule has 11 heteroatoms. The summed E-state index contributed by atoms with van der Waals surface area (Å²) < 4.78 is 0. The summed E-state index contributed by atoms with van der Waals surface area (Å²) in [4.78, 5) is 57.0. The molecule has 26 heavy (non-hydrogen) atoms. The summed E-state index contributed by atoms with van der Waals surface area (Å²) >= 11 is 0. The van der Waals surface area contributed by atoms with Crippen LogP contribution in [0.2, 0.25) is 0 Å². The molecule has 0 aromatic rings. The third-order valence-electron chi connectivity index (χ3n) is 3.24. The molecule has 0 aliphatic heterocycles. The largest absolute Gasteiger partial charge is 0.481 e. The molecule has 0 fully saturated rings. The lowest BCUT2D eigenvalue weighted by Crippen LogP contribution is -2.54. The van der Waals surface area contributed by atoms with Crippen LogP contribution in [-0.4, -0.2) is 64.5 Å². The molecule has 0 aliphatic rings. The minimum Gasteiger partial charge on any atom is -0.481 e. The van der Waals surface area contributed by atoms with Crippen molar-refractivity contribution in [2.45, 2.75) is 51.7 Å². The highest BCUT2D eigenvalue weighted by Crippen LogP contribution is 2.05. The maximum atomic E-state index is 12.2. The molecule has 0 radical (unpaired) electrons. The molecule has 0 heterocycles. The van der Waals surface area contributed by atoms with Crippen LogP contribution >= 0.6 is 0 Å². The number of carboxylic acid groups (broad SMARTS) is 2. The molecule has 0 aliphatic carbocycles. The van der Waals surface area contributed by atoms with Gasteiger partial charge in [0.2, 0.25) is 17.7 Å². The molecule has 3 atom stereocenters. The van der Waals surface area contributed by atoms with Crippen molar-refractivity contribution in [3.63, 3.8) is 0 Å². The lowest BCUT2D eigenvalue weighted by Gasteiger charge is -2.21. The van der Waals surface area contributed by atoms with E-state index in [1.807, 2.05) is 13.8 Å². The van der Waals surface area contributed by atoms with Crippen LogP contribution in [0.25, 0.3) is 0 Å². The van der Waals surface area contributed by atoms with E-state index < -0.39 is 60.8 Å². The molecular weight excluding hydrogens is 348 g/mol. The average Bonchev–Trinajstić information content (AvgIpc) is 2.50. The average molecular weight is 374 g/mol. The molecule has 11 nitrogen and oxygen atoms in total. The molecule has 0 aromatic heterocycles. The van der Waals surface area contributed by atoms with Gasteiger partial charge in [0.15, 0.2) is 0 Å². The number of rotatable bonds is 11. The Morgan fingerprint density at radius 2 is 1.54 bits per heavy atom. The van der Waals surface area contributed by atoms with Crippen molar-refractivity contribution in [1.29, 1.82) is 0 Å². The number of carbonyl (C=O) groups excluding carboxylic acids is 3. The van der Waals surface area contributed by atoms with Gasteiger partial charge in [-0.25, -0.2) is 0 Å². The summed E-state index contributed by atoms with van der Waals surface area (Å²) in [5.74, 6) is -4.61. The number of hydrogen-bond donors (Lipinski definition) is 6. The van der Waals surface area contributed by atoms with Crippen molar-refractivity contribution < 1.29 is 34.2 Å². The van der Waals surface area contributed by atoms with Crippen molar-refractivity contribution in [3.8, 4) is 0 Å². The van der Waals surface area contributed by atoms with E-state index in [2.05, 4.69) is 16.0 Å². The zero-order valence-electron chi connectivity index (χ0n) is 14.9. The third kappa shape index (κ3) is 9.57. The quantitative estimate of drug-likeness (QED) is 0.240. The van der Waals surface area contributed by atoms with Gasteiger partial charge in [-0.3, -0.25) is 24.0 Å². The fourth-order valence-corrected chi connectivity index (χ4v) is 1.91. The minimum atomic E-state index is -1.31. The monoisotopic (exact) mass is 374 g/mol. The van der Waals surface area contributed by atoms with E-state index in [9.17, 15) is 24.0 Å². The fraction of sp³-hybridized carbons (Fsp3) is 0.667. The summed E-state index contributed by atoms with van der Waals surface area (Å²) in [6.07, 6.45) is -0.345. The van der Waals surface area contributed by atoms with Crippen molar-refractivity contribution >= 4 is 29.7 Å². The Balaban J connectivity index is 4.73. The summed E-state index contributed by atoms with van der Waals surface area (Å²) in [7, 11) is 0. The van der Waals surface area contributed by atoms with Gasteiger partial charge in [-0.2, -0.15) is 0 Å². The van der Waals surface area contributed by atoms with Gasteiger partial charge in [0.1, 0.15) is 12.1 Å². The topological polar surface area (TPSA) is 188 Å². The molecule has 3 unspecified atom stereocenters. The summed E-state index contributed by atoms with van der Waals surface area (Å²) in [5.41, 5.74) is 5.46. The predicted octanol–water partition coefficient (Wildman–Crippen LogP) is -1.98. The van der Waals surface area contributed by atoms with E-state index in [4.69, 9.17) is 15.9 Å². The molecule has 0 aromatic carbocycles. The first-order valence-corrected chi connectivity index (χ1v) is 8.01. The number of carboxylic acids is 2. The number of amides is 3. The molecule has 0 rings (SSSR count). The summed E-state index contributed by atoms with van der Waals surface area (Å²) in [6, 6.07) is -3.43. The highest BCUT2D eigenvalue weighted by atomic mass is 16.4. The van der Waals surface area contributed by atoms with Crippen molar-refractivity contribution in [2.75, 3.05) is 6.54 Å². The second-order valence-corrected chi connectivity index (χ2v) is 6.24. The molecule has 0 spiro atoms. The molecule has 0 bridgehead atoms. The Hall–Kier alpha value is -2.69. The van der Waals surface area contributed by atoms with E-state index in [0.29, 0.717) is 0 Å². The number of aliphatic carboxylic acids is 2. The van der Waals surface area contributed by atoms with Gasteiger partial charge in [-0.1, -0.05) is 13.8 Å². The second-order valence-electron chi connectivity index (χ2n) is 6.24. The molecule has 148 valence electrons. The summed E-state index contributed by atoms with van der Waals surface area (Å²) in [6.45, 7) is 4.42. The van der Waals surface area contributed by atoms with Crippen LogP contribution in [-0.2, 0) is 24.0 Å². The van der Waals surface area contributed by atoms with Crippen LogP contribution in [0.4, 0.5) is 0 Å². The second kappa shape index (κ2) is 11.0. The number of carbonyl (C=O) groups is 5. The Bertz CT molecular complexity index is 550. The van der Waals surface area contributed by atoms with E-state index >= 15 is 0 Å². The van der Waals surface area contributed by atoms with Gasteiger partial charge in [-0.15, -0.1) is 0 Å². The van der Waals surface area contributed by atoms with Crippen LogP contribution < -0.4 is 21.7 Å². The molecule has 0 saturated heterocycles. The number of nitrogens with one attached hydrogen (secondary N) is 3. The van der Waals surface area contributed by atoms with Gasteiger partial charge >= 0.3 is 11.9 Å². The zero-order chi connectivity index (χ0) is 20.4. The highest BCUT2D eigenvalue weighted by molar-refractivity contribution is 5.93. The Kier molecular flexibility index (Phi) is 9.89. The lowest BCUT2D eigenvalue weighted by molar-refractivity contribution is -0.141. The SMILES string of the molecule is CC(C)CC(NC(=O)C(N)CC(=O)O)C(=O)NCC(=O)NC(C)C(=O)O. The number of nitrogens with two attached hydrogens (primary N) is 1. The normalized spacial score (nSPS) is 14.0. The molecule has 0 saturated carbocycles. The highest BCUT2D eigenvalue weighted by Gasteiger charge is 2.26. The van der Waals surface area contributed by atoms with Crippen molar-refractivity contribution in [3.05, 3.63) is 0 Å². The Morgan fingerprint density at radius 3 is 2.00 bits per heavy atom. The van der Waals surface area contributed by atoms with Crippen LogP contribution in [0.1, 0.15) is 33.6 Å². The fourth-order valence-electron chi connectivity index (χ4n) is 1.91. The van der Waals surface area contributed by atoms with Crippen LogP contribution in [0.15, 0.2) is 0 Å². The van der Waals surface area contributed by atoms with Gasteiger partial charge < -0.3 is 31.9 Å². The smallest absolute Gasteiger partial charge is 0.325 e. The maximum absolute atomic E-state index is 12.2. The summed E-state index contributed by atoms with van der Waals surface area (Å²) in [5, 5.41) is 24.2. The van der Waals surface area contributed by atoms with E-state index in [1.165, 1.54) is 6.92 Å². The predicted molar refractivity (Wildman–Crippen MR) is 89.9 cm³/mol. The van der Waals surface area contributed by atoms with E-state index in [-0.39, 0.29) is 12.3 Å². The number of hydrogen-bond acceptors (Lipinski definition) is 6. The molecule has 7 N–H and O–H groups in total. The van der Waals surface area contributed by atoms with Crippen molar-refractivity contribution in [2.24, 2.45) is 11.7 Å². The first kappa shape index (κ1) is 23.3. The van der Waals surface area contributed by atoms with Gasteiger partial charge in [0.25, 0.3) is 0 Å². The van der Waals surface area contributed by atoms with Gasteiger partial charge in [0.05, 0.1) is 19.0 Å². The standard InChI is InChI=1S/C15H26N4O7/c1-7(2)4-10(19-13(23)9(16)5-12(21)22)14(24)17-6-11(20)18-8(3)15(25)26/h7-10H,4-6,16H2,1-3H3,(H,17,24)(H,18,20)(H,19,23)(H,21,22)(H,25,26). The van der Waals surface area contributed by atoms with Crippen LogP contribution in [0.5, 0.6) is 0 Å². The Labute approximate surface area is 150 Å². The maximum Gasteiger partial charge on any atom is 0.325 e. The van der Waals surface area contributed by atoms with Gasteiger partial charge in [0, 0.05) is 0 Å². The van der Waals surface area contributed by atoms with Crippen molar-refractivity contribution in [1.82, 2.24) is 16.0 Å². The third-order valence-corrected chi connectivity index (χ3v) is 3.24. The van der Waals surface area contributed by atoms with Gasteiger partial charge in [-0.05, 0) is 19.3 Å². The first-order valence-electron chi connectivity index (χ1n) is 8.01. The zero-order valence-corrected chi connectivity index (χ0v) is 14.9. The van der Waals surface area contributed by atoms with Crippen LogP contribution in [0, 0.1) is 5.92 Å². The van der Waals surface area contributed by atoms with Crippen LogP contribution in [0.3, 0.4) is 0 Å². The lowest BCUT2D eigenvalue weighted by atomic mass is 10.0. The van der Waals surface area contributed by atoms with E-state index in [0.717, 1.165) is 0 Å². The van der Waals surface area contributed by atoms with E-state index in [1.54, 1.807) is 0 Å². The first-order chi connectivity index (χ1) is 11.9. The molecule has 3 amide bonds. The minimum absolute atomic E-state index is 0.0163. The molecular formula is C15H26N4O7.